The molecule has 0 fully saturated rings. The van der Waals surface area contributed by atoms with Crippen molar-refractivity contribution in [2.45, 2.75) is 19.9 Å². The van der Waals surface area contributed by atoms with E-state index in [2.05, 4.69) is 28.7 Å². The van der Waals surface area contributed by atoms with Gasteiger partial charge in [-0.05, 0) is 30.5 Å². The van der Waals surface area contributed by atoms with E-state index in [1.54, 1.807) is 0 Å². The van der Waals surface area contributed by atoms with E-state index in [9.17, 15) is 0 Å². The Kier molecular flexibility index (Phi) is 2.99. The van der Waals surface area contributed by atoms with Crippen LogP contribution in [-0.4, -0.2) is 4.57 Å². The lowest BCUT2D eigenvalue weighted by Crippen LogP contribution is -1.94. The van der Waals surface area contributed by atoms with Gasteiger partial charge in [-0.25, -0.2) is 0 Å². The molecule has 0 saturated carbocycles. The number of aryl methyl sites for hydroxylation is 1. The van der Waals surface area contributed by atoms with Crippen LogP contribution in [0.4, 0.5) is 0 Å². The number of hydrogen-bond donors (Lipinski definition) is 0. The van der Waals surface area contributed by atoms with E-state index in [-0.39, 0.29) is 0 Å². The molecule has 0 saturated heterocycles. The molecule has 0 aliphatic heterocycles. The normalized spacial score (nSPS) is 10.0. The molecule has 2 rings (SSSR count). The summed E-state index contributed by atoms with van der Waals surface area (Å²) in [5.41, 5.74) is 1.18. The summed E-state index contributed by atoms with van der Waals surface area (Å²) in [5, 5.41) is 2.01. The Hall–Kier alpha value is -1.39. The average Bonchev–Trinajstić information content (AvgIpc) is 2.62. The van der Waals surface area contributed by atoms with Crippen molar-refractivity contribution in [2.24, 2.45) is 0 Å². The van der Waals surface area contributed by atoms with Crippen molar-refractivity contribution in [3.63, 3.8) is 0 Å². The zero-order valence-corrected chi connectivity index (χ0v) is 9.38. The molecular formula is C13H12ClN. The maximum absolute atomic E-state index is 5.97. The lowest BCUT2D eigenvalue weighted by atomic mass is 10.2. The van der Waals surface area contributed by atoms with Crippen LogP contribution in [0.25, 0.3) is 10.9 Å². The van der Waals surface area contributed by atoms with Crippen LogP contribution < -0.4 is 0 Å². The molecule has 15 heavy (non-hydrogen) atoms. The highest BCUT2D eigenvalue weighted by Gasteiger charge is 2.00. The molecule has 1 aromatic heterocycles. The SMILES string of the molecule is CC#CCCn1ccc2ccc(Cl)cc21. The Morgan fingerprint density at radius 3 is 3.00 bits per heavy atom. The van der Waals surface area contributed by atoms with Crippen LogP contribution in [0.5, 0.6) is 0 Å². The smallest absolute Gasteiger partial charge is 0.0495 e. The molecule has 1 heterocycles. The fraction of sp³-hybridized carbons (Fsp3) is 0.231. The summed E-state index contributed by atoms with van der Waals surface area (Å²) in [6.45, 7) is 2.79. The number of hydrogen-bond acceptors (Lipinski definition) is 0. The van der Waals surface area contributed by atoms with Gasteiger partial charge in [0.25, 0.3) is 0 Å². The molecule has 1 aromatic carbocycles. The maximum Gasteiger partial charge on any atom is 0.0495 e. The third-order valence-corrected chi connectivity index (χ3v) is 2.63. The molecule has 0 N–H and O–H groups in total. The molecule has 0 aliphatic rings. The summed E-state index contributed by atoms with van der Waals surface area (Å²) in [7, 11) is 0. The van der Waals surface area contributed by atoms with Crippen LogP contribution >= 0.6 is 11.6 Å². The number of fused-ring (bicyclic) bond motifs is 1. The lowest BCUT2D eigenvalue weighted by Gasteiger charge is -2.02. The van der Waals surface area contributed by atoms with Crippen LogP contribution in [0.15, 0.2) is 30.5 Å². The largest absolute Gasteiger partial charge is 0.346 e. The van der Waals surface area contributed by atoms with Gasteiger partial charge in [0.2, 0.25) is 0 Å². The number of benzene rings is 1. The second kappa shape index (κ2) is 4.42. The predicted octanol–water partition coefficient (Wildman–Crippen LogP) is 3.71. The number of nitrogens with zero attached hydrogens (tertiary/aromatic N) is 1. The van der Waals surface area contributed by atoms with Gasteiger partial charge < -0.3 is 4.57 Å². The van der Waals surface area contributed by atoms with Crippen molar-refractivity contribution in [3.05, 3.63) is 35.5 Å². The molecule has 0 spiro atoms. The number of rotatable bonds is 2. The third kappa shape index (κ3) is 2.16. The fourth-order valence-electron chi connectivity index (χ4n) is 1.65. The van der Waals surface area contributed by atoms with Gasteiger partial charge in [0.1, 0.15) is 0 Å². The van der Waals surface area contributed by atoms with E-state index < -0.39 is 0 Å². The predicted molar refractivity (Wildman–Crippen MR) is 65.0 cm³/mol. The van der Waals surface area contributed by atoms with Crippen molar-refractivity contribution < 1.29 is 0 Å². The highest BCUT2D eigenvalue weighted by atomic mass is 35.5. The van der Waals surface area contributed by atoms with E-state index in [0.29, 0.717) is 0 Å². The molecule has 0 amide bonds. The van der Waals surface area contributed by atoms with Gasteiger partial charge in [-0.1, -0.05) is 17.7 Å². The van der Waals surface area contributed by atoms with Crippen molar-refractivity contribution >= 4 is 22.5 Å². The first-order valence-corrected chi connectivity index (χ1v) is 5.33. The zero-order chi connectivity index (χ0) is 10.7. The summed E-state index contributed by atoms with van der Waals surface area (Å²) >= 11 is 5.97. The Bertz CT molecular complexity index is 528. The first kappa shape index (κ1) is 10.1. The number of halogens is 1. The van der Waals surface area contributed by atoms with Crippen LogP contribution in [-0.2, 0) is 6.54 Å². The average molecular weight is 218 g/mol. The minimum atomic E-state index is 0.782. The fourth-order valence-corrected chi connectivity index (χ4v) is 1.82. The maximum atomic E-state index is 5.97. The molecule has 2 heteroatoms. The molecule has 0 aliphatic carbocycles. The summed E-state index contributed by atoms with van der Waals surface area (Å²) in [6.07, 6.45) is 2.96. The van der Waals surface area contributed by atoms with Gasteiger partial charge in [-0.3, -0.25) is 0 Å². The molecule has 2 aromatic rings. The van der Waals surface area contributed by atoms with Gasteiger partial charge in [0, 0.05) is 29.7 Å². The van der Waals surface area contributed by atoms with E-state index in [1.165, 1.54) is 10.9 Å². The van der Waals surface area contributed by atoms with Crippen LogP contribution in [0.1, 0.15) is 13.3 Å². The highest BCUT2D eigenvalue weighted by Crippen LogP contribution is 2.20. The Morgan fingerprint density at radius 2 is 2.20 bits per heavy atom. The van der Waals surface area contributed by atoms with Crippen molar-refractivity contribution in [2.75, 3.05) is 0 Å². The standard InChI is InChI=1S/C13H12ClN/c1-2-3-4-8-15-9-7-11-5-6-12(14)10-13(11)15/h5-7,9-10H,4,8H2,1H3. The molecule has 0 unspecified atom stereocenters. The van der Waals surface area contributed by atoms with E-state index in [1.807, 2.05) is 25.1 Å². The third-order valence-electron chi connectivity index (χ3n) is 2.39. The van der Waals surface area contributed by atoms with Crippen molar-refractivity contribution in [1.29, 1.82) is 0 Å². The van der Waals surface area contributed by atoms with Crippen molar-refractivity contribution in [1.82, 2.24) is 4.57 Å². The minimum absolute atomic E-state index is 0.782. The highest BCUT2D eigenvalue weighted by molar-refractivity contribution is 6.31. The molecule has 0 radical (unpaired) electrons. The zero-order valence-electron chi connectivity index (χ0n) is 8.63. The second-order valence-corrected chi connectivity index (χ2v) is 3.83. The minimum Gasteiger partial charge on any atom is -0.346 e. The first-order chi connectivity index (χ1) is 7.31. The van der Waals surface area contributed by atoms with Gasteiger partial charge in [-0.15, -0.1) is 11.8 Å². The Morgan fingerprint density at radius 1 is 1.33 bits per heavy atom. The van der Waals surface area contributed by atoms with E-state index in [0.717, 1.165) is 18.0 Å². The molecular weight excluding hydrogens is 206 g/mol. The van der Waals surface area contributed by atoms with Gasteiger partial charge in [0.15, 0.2) is 0 Å². The number of aromatic nitrogens is 1. The van der Waals surface area contributed by atoms with E-state index >= 15 is 0 Å². The Balaban J connectivity index is 2.33. The summed E-state index contributed by atoms with van der Waals surface area (Å²) < 4.78 is 2.19. The summed E-state index contributed by atoms with van der Waals surface area (Å²) in [6, 6.07) is 8.06. The summed E-state index contributed by atoms with van der Waals surface area (Å²) in [4.78, 5) is 0. The van der Waals surface area contributed by atoms with Crippen molar-refractivity contribution in [3.8, 4) is 11.8 Å². The first-order valence-electron chi connectivity index (χ1n) is 4.95. The summed E-state index contributed by atoms with van der Waals surface area (Å²) in [5.74, 6) is 5.96. The van der Waals surface area contributed by atoms with Crippen LogP contribution in [0, 0.1) is 11.8 Å². The van der Waals surface area contributed by atoms with Gasteiger partial charge in [-0.2, -0.15) is 0 Å². The lowest BCUT2D eigenvalue weighted by molar-refractivity contribution is 0.749. The van der Waals surface area contributed by atoms with Crippen LogP contribution in [0.3, 0.4) is 0 Å². The topological polar surface area (TPSA) is 4.93 Å². The molecule has 1 nitrogen and oxygen atoms in total. The monoisotopic (exact) mass is 217 g/mol. The second-order valence-electron chi connectivity index (χ2n) is 3.39. The molecule has 76 valence electrons. The van der Waals surface area contributed by atoms with E-state index in [4.69, 9.17) is 11.6 Å². The van der Waals surface area contributed by atoms with Gasteiger partial charge >= 0.3 is 0 Å². The van der Waals surface area contributed by atoms with Crippen LogP contribution in [0.2, 0.25) is 5.02 Å². The Labute approximate surface area is 94.7 Å². The van der Waals surface area contributed by atoms with Gasteiger partial charge in [0.05, 0.1) is 0 Å². The molecule has 0 atom stereocenters. The quantitative estimate of drug-likeness (QED) is 0.676. The molecule has 0 bridgehead atoms.